The van der Waals surface area contributed by atoms with Gasteiger partial charge in [0.15, 0.2) is 5.78 Å². The van der Waals surface area contributed by atoms with E-state index in [1.165, 1.54) is 6.07 Å². The van der Waals surface area contributed by atoms with Crippen molar-refractivity contribution < 1.29 is 13.6 Å². The lowest BCUT2D eigenvalue weighted by Gasteiger charge is -2.20. The van der Waals surface area contributed by atoms with E-state index in [1.807, 2.05) is 13.8 Å². The van der Waals surface area contributed by atoms with E-state index in [1.54, 1.807) is 11.9 Å². The van der Waals surface area contributed by atoms with Crippen LogP contribution in [-0.4, -0.2) is 30.3 Å². The summed E-state index contributed by atoms with van der Waals surface area (Å²) in [6, 6.07) is 3.57. The van der Waals surface area contributed by atoms with Gasteiger partial charge in [-0.05, 0) is 33.0 Å². The first-order valence-electron chi connectivity index (χ1n) is 5.11. The van der Waals surface area contributed by atoms with Crippen molar-refractivity contribution in [3.8, 4) is 0 Å². The largest absolute Gasteiger partial charge is 0.296 e. The Labute approximate surface area is 93.9 Å². The fourth-order valence-electron chi connectivity index (χ4n) is 1.25. The van der Waals surface area contributed by atoms with Gasteiger partial charge in [0.05, 0.1) is 12.1 Å². The van der Waals surface area contributed by atoms with Crippen molar-refractivity contribution in [2.45, 2.75) is 19.9 Å². The molecule has 0 heterocycles. The van der Waals surface area contributed by atoms with Gasteiger partial charge in [-0.3, -0.25) is 9.69 Å². The van der Waals surface area contributed by atoms with Crippen molar-refractivity contribution in [1.29, 1.82) is 0 Å². The minimum absolute atomic E-state index is 0.00944. The number of likely N-dealkylation sites (N-methyl/N-ethyl adjacent to an activating group) is 1. The average molecular weight is 227 g/mol. The van der Waals surface area contributed by atoms with E-state index >= 15 is 0 Å². The quantitative estimate of drug-likeness (QED) is 0.736. The second kappa shape index (κ2) is 5.16. The number of carbonyl (C=O) groups excluding carboxylic acids is 1. The van der Waals surface area contributed by atoms with Gasteiger partial charge in [-0.1, -0.05) is 6.07 Å². The van der Waals surface area contributed by atoms with Crippen LogP contribution in [0, 0.1) is 11.6 Å². The number of ketones is 1. The SMILES string of the molecule is CC(C)N(C)CC(=O)c1c(F)cccc1F. The van der Waals surface area contributed by atoms with E-state index in [4.69, 9.17) is 0 Å². The van der Waals surface area contributed by atoms with Crippen LogP contribution in [-0.2, 0) is 0 Å². The number of hydrogen-bond acceptors (Lipinski definition) is 2. The molecule has 16 heavy (non-hydrogen) atoms. The molecule has 2 nitrogen and oxygen atoms in total. The first-order valence-corrected chi connectivity index (χ1v) is 5.11. The Morgan fingerprint density at radius 2 is 1.81 bits per heavy atom. The summed E-state index contributed by atoms with van der Waals surface area (Å²) < 4.78 is 26.5. The summed E-state index contributed by atoms with van der Waals surface area (Å²) in [7, 11) is 1.74. The molecule has 0 saturated heterocycles. The molecule has 0 aliphatic carbocycles. The molecule has 1 aromatic carbocycles. The van der Waals surface area contributed by atoms with Crippen LogP contribution in [0.3, 0.4) is 0 Å². The molecule has 0 bridgehead atoms. The molecule has 0 radical (unpaired) electrons. The van der Waals surface area contributed by atoms with Crippen molar-refractivity contribution in [1.82, 2.24) is 4.90 Å². The molecule has 0 aliphatic heterocycles. The van der Waals surface area contributed by atoms with Crippen LogP contribution in [0.15, 0.2) is 18.2 Å². The van der Waals surface area contributed by atoms with E-state index in [0.717, 1.165) is 12.1 Å². The van der Waals surface area contributed by atoms with Crippen molar-refractivity contribution in [2.75, 3.05) is 13.6 Å². The Hall–Kier alpha value is -1.29. The zero-order chi connectivity index (χ0) is 12.3. The molecule has 1 aromatic rings. The molecule has 0 N–H and O–H groups in total. The molecule has 0 saturated carbocycles. The number of nitrogens with zero attached hydrogens (tertiary/aromatic N) is 1. The second-order valence-electron chi connectivity index (χ2n) is 4.03. The van der Waals surface area contributed by atoms with Crippen molar-refractivity contribution >= 4 is 5.78 Å². The molecule has 0 spiro atoms. The molecule has 0 fully saturated rings. The number of benzene rings is 1. The lowest BCUT2D eigenvalue weighted by Crippen LogP contribution is -2.32. The molecular weight excluding hydrogens is 212 g/mol. The van der Waals surface area contributed by atoms with E-state index in [0.29, 0.717) is 0 Å². The fraction of sp³-hybridized carbons (Fsp3) is 0.417. The first-order chi connectivity index (χ1) is 7.43. The Kier molecular flexibility index (Phi) is 4.12. The summed E-state index contributed by atoms with van der Waals surface area (Å²) in [4.78, 5) is 13.4. The minimum atomic E-state index is -0.804. The van der Waals surface area contributed by atoms with Crippen LogP contribution in [0.1, 0.15) is 24.2 Å². The highest BCUT2D eigenvalue weighted by atomic mass is 19.1. The van der Waals surface area contributed by atoms with Crippen LogP contribution < -0.4 is 0 Å². The third kappa shape index (κ3) is 2.85. The number of hydrogen-bond donors (Lipinski definition) is 0. The van der Waals surface area contributed by atoms with Crippen LogP contribution in [0.5, 0.6) is 0 Å². The Bertz CT molecular complexity index is 370. The third-order valence-corrected chi connectivity index (χ3v) is 2.52. The monoisotopic (exact) mass is 227 g/mol. The number of Topliss-reactive ketones (excluding diaryl/α,β-unsaturated/α-hetero) is 1. The van der Waals surface area contributed by atoms with Gasteiger partial charge >= 0.3 is 0 Å². The Morgan fingerprint density at radius 1 is 1.31 bits per heavy atom. The third-order valence-electron chi connectivity index (χ3n) is 2.52. The van der Waals surface area contributed by atoms with Crippen LogP contribution in [0.4, 0.5) is 8.78 Å². The molecule has 1 rings (SSSR count). The van der Waals surface area contributed by atoms with E-state index in [-0.39, 0.29) is 12.6 Å². The zero-order valence-electron chi connectivity index (χ0n) is 9.63. The van der Waals surface area contributed by atoms with Crippen molar-refractivity contribution in [3.05, 3.63) is 35.4 Å². The smallest absolute Gasteiger partial charge is 0.182 e. The van der Waals surface area contributed by atoms with E-state index in [2.05, 4.69) is 0 Å². The van der Waals surface area contributed by atoms with Gasteiger partial charge in [-0.25, -0.2) is 8.78 Å². The topological polar surface area (TPSA) is 20.3 Å². The maximum Gasteiger partial charge on any atom is 0.182 e. The molecular formula is C12H15F2NO. The highest BCUT2D eigenvalue weighted by molar-refractivity contribution is 5.98. The standard InChI is InChI=1S/C12H15F2NO/c1-8(2)15(3)7-11(16)12-9(13)5-4-6-10(12)14/h4-6,8H,7H2,1-3H3. The van der Waals surface area contributed by atoms with Gasteiger partial charge in [0.1, 0.15) is 11.6 Å². The van der Waals surface area contributed by atoms with Crippen LogP contribution in [0.25, 0.3) is 0 Å². The number of rotatable bonds is 4. The number of carbonyl (C=O) groups is 1. The van der Waals surface area contributed by atoms with Crippen LogP contribution >= 0.6 is 0 Å². The second-order valence-corrected chi connectivity index (χ2v) is 4.03. The Morgan fingerprint density at radius 3 is 2.25 bits per heavy atom. The van der Waals surface area contributed by atoms with E-state index < -0.39 is 23.0 Å². The lowest BCUT2D eigenvalue weighted by atomic mass is 10.1. The molecule has 88 valence electrons. The Balaban J connectivity index is 2.89. The highest BCUT2D eigenvalue weighted by Gasteiger charge is 2.19. The summed E-state index contributed by atoms with van der Waals surface area (Å²) in [5.41, 5.74) is -0.449. The van der Waals surface area contributed by atoms with Gasteiger partial charge in [-0.2, -0.15) is 0 Å². The lowest BCUT2D eigenvalue weighted by molar-refractivity contribution is 0.0921. The average Bonchev–Trinajstić information content (AvgIpc) is 2.16. The molecule has 0 aromatic heterocycles. The number of halogens is 2. The van der Waals surface area contributed by atoms with Gasteiger partial charge in [0, 0.05) is 6.04 Å². The molecule has 0 atom stereocenters. The zero-order valence-corrected chi connectivity index (χ0v) is 9.63. The molecule has 0 aliphatic rings. The van der Waals surface area contributed by atoms with Gasteiger partial charge in [-0.15, -0.1) is 0 Å². The van der Waals surface area contributed by atoms with Gasteiger partial charge < -0.3 is 0 Å². The normalized spacial score (nSPS) is 11.2. The fourth-order valence-corrected chi connectivity index (χ4v) is 1.25. The van der Waals surface area contributed by atoms with E-state index in [9.17, 15) is 13.6 Å². The summed E-state index contributed by atoms with van der Waals surface area (Å²) in [6.45, 7) is 3.82. The molecule has 0 amide bonds. The maximum absolute atomic E-state index is 13.3. The summed E-state index contributed by atoms with van der Waals surface area (Å²) in [6.07, 6.45) is 0. The van der Waals surface area contributed by atoms with Gasteiger partial charge in [0.25, 0.3) is 0 Å². The summed E-state index contributed by atoms with van der Waals surface area (Å²) >= 11 is 0. The predicted octanol–water partition coefficient (Wildman–Crippen LogP) is 2.49. The van der Waals surface area contributed by atoms with Crippen LogP contribution in [0.2, 0.25) is 0 Å². The summed E-state index contributed by atoms with van der Waals surface area (Å²) in [5, 5.41) is 0. The highest BCUT2D eigenvalue weighted by Crippen LogP contribution is 2.13. The maximum atomic E-state index is 13.3. The molecule has 0 unspecified atom stereocenters. The van der Waals surface area contributed by atoms with Crippen molar-refractivity contribution in [2.24, 2.45) is 0 Å². The molecule has 4 heteroatoms. The van der Waals surface area contributed by atoms with Gasteiger partial charge in [0.2, 0.25) is 0 Å². The predicted molar refractivity (Wildman–Crippen MR) is 58.5 cm³/mol. The summed E-state index contributed by atoms with van der Waals surface area (Å²) in [5.74, 6) is -2.14. The van der Waals surface area contributed by atoms with Crippen molar-refractivity contribution in [3.63, 3.8) is 0 Å². The minimum Gasteiger partial charge on any atom is -0.296 e. The first kappa shape index (κ1) is 12.8.